The van der Waals surface area contributed by atoms with Gasteiger partial charge in [-0.1, -0.05) is 0 Å². The van der Waals surface area contributed by atoms with Gasteiger partial charge in [0.2, 0.25) is 0 Å². The van der Waals surface area contributed by atoms with Gasteiger partial charge in [-0.25, -0.2) is 4.39 Å². The summed E-state index contributed by atoms with van der Waals surface area (Å²) in [5.74, 6) is -0.462. The van der Waals surface area contributed by atoms with Gasteiger partial charge >= 0.3 is 0 Å². The lowest BCUT2D eigenvalue weighted by molar-refractivity contribution is -0.0587. The summed E-state index contributed by atoms with van der Waals surface area (Å²) in [6.45, 7) is 4.77. The highest BCUT2D eigenvalue weighted by Gasteiger charge is 2.28. The van der Waals surface area contributed by atoms with E-state index < -0.39 is 5.82 Å². The van der Waals surface area contributed by atoms with E-state index in [0.717, 1.165) is 0 Å². The van der Waals surface area contributed by atoms with Gasteiger partial charge in [-0.3, -0.25) is 4.79 Å². The maximum Gasteiger partial charge on any atom is 0.257 e. The molecule has 1 heterocycles. The highest BCUT2D eigenvalue weighted by atomic mass is 19.1. The van der Waals surface area contributed by atoms with Gasteiger partial charge in [-0.15, -0.1) is 0 Å². The van der Waals surface area contributed by atoms with Gasteiger partial charge in [0.1, 0.15) is 11.6 Å². The van der Waals surface area contributed by atoms with Gasteiger partial charge in [0, 0.05) is 19.2 Å². The number of ether oxygens (including phenoxy) is 2. The van der Waals surface area contributed by atoms with Crippen LogP contribution in [0.3, 0.4) is 0 Å². The van der Waals surface area contributed by atoms with Gasteiger partial charge in [-0.2, -0.15) is 0 Å². The number of morpholine rings is 1. The van der Waals surface area contributed by atoms with Gasteiger partial charge < -0.3 is 14.4 Å². The van der Waals surface area contributed by atoms with Crippen molar-refractivity contribution in [2.45, 2.75) is 26.1 Å². The third-order valence-corrected chi connectivity index (χ3v) is 3.11. The average Bonchev–Trinajstić information content (AvgIpc) is 2.36. The fourth-order valence-electron chi connectivity index (χ4n) is 2.31. The molecule has 0 radical (unpaired) electrons. The summed E-state index contributed by atoms with van der Waals surface area (Å²) in [5, 5.41) is 0. The normalized spacial score (nSPS) is 23.3. The monoisotopic (exact) mass is 267 g/mol. The van der Waals surface area contributed by atoms with Crippen LogP contribution in [0.1, 0.15) is 24.2 Å². The van der Waals surface area contributed by atoms with Crippen molar-refractivity contribution in [3.63, 3.8) is 0 Å². The van der Waals surface area contributed by atoms with Crippen molar-refractivity contribution in [2.75, 3.05) is 20.2 Å². The van der Waals surface area contributed by atoms with Crippen molar-refractivity contribution >= 4 is 5.91 Å². The molecule has 0 saturated carbocycles. The third-order valence-electron chi connectivity index (χ3n) is 3.11. The van der Waals surface area contributed by atoms with Gasteiger partial charge in [0.15, 0.2) is 0 Å². The van der Waals surface area contributed by atoms with Crippen molar-refractivity contribution in [1.29, 1.82) is 0 Å². The van der Waals surface area contributed by atoms with Crippen LogP contribution >= 0.6 is 0 Å². The number of carbonyl (C=O) groups is 1. The Morgan fingerprint density at radius 2 is 2.00 bits per heavy atom. The highest BCUT2D eigenvalue weighted by Crippen LogP contribution is 2.20. The molecule has 0 aromatic heterocycles. The van der Waals surface area contributed by atoms with Crippen LogP contribution in [0.5, 0.6) is 5.75 Å². The summed E-state index contributed by atoms with van der Waals surface area (Å²) in [7, 11) is 1.46. The second-order valence-corrected chi connectivity index (χ2v) is 4.81. The lowest BCUT2D eigenvalue weighted by Crippen LogP contribution is -2.48. The number of nitrogens with zero attached hydrogens (tertiary/aromatic N) is 1. The molecule has 1 amide bonds. The smallest absolute Gasteiger partial charge is 0.257 e. The van der Waals surface area contributed by atoms with Gasteiger partial charge in [0.05, 0.1) is 24.9 Å². The molecule has 0 N–H and O–H groups in total. The third kappa shape index (κ3) is 3.04. The summed E-state index contributed by atoms with van der Waals surface area (Å²) in [6, 6.07) is 4.27. The zero-order valence-corrected chi connectivity index (χ0v) is 11.4. The highest BCUT2D eigenvalue weighted by molar-refractivity contribution is 5.94. The minimum Gasteiger partial charge on any atom is -0.497 e. The van der Waals surface area contributed by atoms with Gasteiger partial charge in [0.25, 0.3) is 5.91 Å². The van der Waals surface area contributed by atoms with Crippen LogP contribution in [0.2, 0.25) is 0 Å². The molecule has 1 aromatic carbocycles. The molecule has 1 fully saturated rings. The summed E-state index contributed by atoms with van der Waals surface area (Å²) in [5.41, 5.74) is 0.0714. The zero-order chi connectivity index (χ0) is 14.0. The lowest BCUT2D eigenvalue weighted by Gasteiger charge is -2.35. The minimum absolute atomic E-state index is 0.0333. The fraction of sp³-hybridized carbons (Fsp3) is 0.500. The SMILES string of the molecule is COc1ccc(C(=O)N2C[C@@H](C)O[C@@H](C)C2)c(F)c1. The van der Waals surface area contributed by atoms with E-state index in [1.54, 1.807) is 11.0 Å². The number of halogens is 1. The van der Waals surface area contributed by atoms with Crippen molar-refractivity contribution in [1.82, 2.24) is 4.90 Å². The first-order valence-electron chi connectivity index (χ1n) is 6.29. The first kappa shape index (κ1) is 13.8. The van der Waals surface area contributed by atoms with Crippen molar-refractivity contribution in [3.8, 4) is 5.75 Å². The lowest BCUT2D eigenvalue weighted by atomic mass is 10.1. The molecule has 5 heteroatoms. The van der Waals surface area contributed by atoms with Crippen LogP contribution in [0.4, 0.5) is 4.39 Å². The van der Waals surface area contributed by atoms with Crippen molar-refractivity contribution in [2.24, 2.45) is 0 Å². The number of rotatable bonds is 2. The Labute approximate surface area is 112 Å². The molecule has 1 aliphatic rings. The van der Waals surface area contributed by atoms with E-state index in [0.29, 0.717) is 18.8 Å². The molecule has 19 heavy (non-hydrogen) atoms. The van der Waals surface area contributed by atoms with E-state index in [4.69, 9.17) is 9.47 Å². The Morgan fingerprint density at radius 3 is 2.53 bits per heavy atom. The Kier molecular flexibility index (Phi) is 4.04. The van der Waals surface area contributed by atoms with E-state index in [2.05, 4.69) is 0 Å². The molecule has 1 saturated heterocycles. The summed E-state index contributed by atoms with van der Waals surface area (Å²) < 4.78 is 24.4. The average molecular weight is 267 g/mol. The van der Waals surface area contributed by atoms with Crippen LogP contribution in [0.25, 0.3) is 0 Å². The number of methoxy groups -OCH3 is 1. The first-order valence-corrected chi connectivity index (χ1v) is 6.29. The molecule has 1 aromatic rings. The predicted molar refractivity (Wildman–Crippen MR) is 68.9 cm³/mol. The maximum absolute atomic E-state index is 13.9. The minimum atomic E-state index is -0.559. The van der Waals surface area contributed by atoms with E-state index in [1.807, 2.05) is 13.8 Å². The quantitative estimate of drug-likeness (QED) is 0.823. The number of carbonyl (C=O) groups excluding carboxylic acids is 1. The number of hydrogen-bond acceptors (Lipinski definition) is 3. The Morgan fingerprint density at radius 1 is 1.37 bits per heavy atom. The standard InChI is InChI=1S/C14H18FNO3/c1-9-7-16(8-10(2)19-9)14(17)12-5-4-11(18-3)6-13(12)15/h4-6,9-10H,7-8H2,1-3H3/t9-,10+. The van der Waals surface area contributed by atoms with E-state index >= 15 is 0 Å². The molecule has 2 atom stereocenters. The van der Waals surface area contributed by atoms with Crippen LogP contribution < -0.4 is 4.74 Å². The fourth-order valence-corrected chi connectivity index (χ4v) is 2.31. The zero-order valence-electron chi connectivity index (χ0n) is 11.4. The molecular weight excluding hydrogens is 249 g/mol. The van der Waals surface area contributed by atoms with Crippen LogP contribution in [0, 0.1) is 5.82 Å². The maximum atomic E-state index is 13.9. The van der Waals surface area contributed by atoms with Crippen LogP contribution in [-0.2, 0) is 4.74 Å². The molecule has 104 valence electrons. The second-order valence-electron chi connectivity index (χ2n) is 4.81. The number of benzene rings is 1. The Hall–Kier alpha value is -1.62. The summed E-state index contributed by atoms with van der Waals surface area (Å²) in [6.07, 6.45) is -0.0666. The Balaban J connectivity index is 2.19. The number of amides is 1. The van der Waals surface area contributed by atoms with E-state index in [1.165, 1.54) is 19.2 Å². The predicted octanol–water partition coefficient (Wildman–Crippen LogP) is 2.08. The van der Waals surface area contributed by atoms with E-state index in [9.17, 15) is 9.18 Å². The first-order chi connectivity index (χ1) is 9.01. The van der Waals surface area contributed by atoms with Crippen LogP contribution in [0.15, 0.2) is 18.2 Å². The molecular formula is C14H18FNO3. The summed E-state index contributed by atoms with van der Waals surface area (Å²) in [4.78, 5) is 13.9. The molecule has 1 aliphatic heterocycles. The molecule has 0 bridgehead atoms. The van der Waals surface area contributed by atoms with Crippen molar-refractivity contribution < 1.29 is 18.7 Å². The van der Waals surface area contributed by atoms with Crippen molar-refractivity contribution in [3.05, 3.63) is 29.6 Å². The number of hydrogen-bond donors (Lipinski definition) is 0. The molecule has 4 nitrogen and oxygen atoms in total. The molecule has 0 aliphatic carbocycles. The van der Waals surface area contributed by atoms with Gasteiger partial charge in [-0.05, 0) is 26.0 Å². The largest absolute Gasteiger partial charge is 0.497 e. The Bertz CT molecular complexity index is 468. The molecule has 0 spiro atoms. The van der Waals surface area contributed by atoms with E-state index in [-0.39, 0.29) is 23.7 Å². The molecule has 2 rings (SSSR count). The topological polar surface area (TPSA) is 38.8 Å². The molecule has 0 unspecified atom stereocenters. The van der Waals surface area contributed by atoms with Crippen LogP contribution in [-0.4, -0.2) is 43.2 Å². The second kappa shape index (κ2) is 5.57. The summed E-state index contributed by atoms with van der Waals surface area (Å²) >= 11 is 0.